The highest BCUT2D eigenvalue weighted by Crippen LogP contribution is 2.12. The molecule has 4 nitrogen and oxygen atoms in total. The number of nitrogens with zero attached hydrogens (tertiary/aromatic N) is 1. The fourth-order valence-electron chi connectivity index (χ4n) is 1.75. The Morgan fingerprint density at radius 2 is 2.20 bits per heavy atom. The lowest BCUT2D eigenvalue weighted by atomic mass is 10.1. The lowest BCUT2D eigenvalue weighted by Gasteiger charge is -2.19. The van der Waals surface area contributed by atoms with E-state index in [9.17, 15) is 9.59 Å². The zero-order chi connectivity index (χ0) is 14.8. The molecule has 20 heavy (non-hydrogen) atoms. The number of carbonyl (C=O) groups is 2. The predicted molar refractivity (Wildman–Crippen MR) is 82.8 cm³/mol. The van der Waals surface area contributed by atoms with Crippen molar-refractivity contribution in [2.24, 2.45) is 0 Å². The largest absolute Gasteiger partial charge is 0.465 e. The normalized spacial score (nSPS) is 10.2. The van der Waals surface area contributed by atoms with E-state index in [0.717, 1.165) is 24.0 Å². The Kier molecular flexibility index (Phi) is 8.14. The summed E-state index contributed by atoms with van der Waals surface area (Å²) in [4.78, 5) is 22.7. The minimum absolute atomic E-state index is 0.452. The predicted octanol–water partition coefficient (Wildman–Crippen LogP) is 3.18. The van der Waals surface area contributed by atoms with Crippen molar-refractivity contribution in [3.8, 4) is 0 Å². The molecule has 0 radical (unpaired) electrons. The van der Waals surface area contributed by atoms with Gasteiger partial charge < -0.3 is 14.8 Å². The van der Waals surface area contributed by atoms with Crippen molar-refractivity contribution in [2.45, 2.75) is 12.8 Å². The lowest BCUT2D eigenvalue weighted by Crippen LogP contribution is -2.32. The fraction of sp³-hybridized carbons (Fsp3) is 0.429. The molecular weight excluding hydrogens is 298 g/mol. The van der Waals surface area contributed by atoms with Gasteiger partial charge in [-0.25, -0.2) is 4.79 Å². The summed E-state index contributed by atoms with van der Waals surface area (Å²) in [6, 6.07) is 7.44. The van der Waals surface area contributed by atoms with Gasteiger partial charge in [0.2, 0.25) is 0 Å². The van der Waals surface area contributed by atoms with Gasteiger partial charge in [0.15, 0.2) is 0 Å². The molecule has 6 heteroatoms. The van der Waals surface area contributed by atoms with Crippen molar-refractivity contribution >= 4 is 35.7 Å². The first-order chi connectivity index (χ1) is 9.63. The van der Waals surface area contributed by atoms with E-state index in [0.29, 0.717) is 30.3 Å². The molecule has 0 fully saturated rings. The van der Waals surface area contributed by atoms with Crippen LogP contribution < -0.4 is 0 Å². The molecule has 0 atom stereocenters. The van der Waals surface area contributed by atoms with Gasteiger partial charge in [0, 0.05) is 23.9 Å². The molecule has 0 heterocycles. The third-order valence-electron chi connectivity index (χ3n) is 2.73. The van der Waals surface area contributed by atoms with E-state index in [2.05, 4.69) is 0 Å². The van der Waals surface area contributed by atoms with Crippen LogP contribution in [-0.2, 0) is 11.2 Å². The molecule has 0 unspecified atom stereocenters. The van der Waals surface area contributed by atoms with Crippen LogP contribution in [0, 0.1) is 0 Å². The Hall–Kier alpha value is -1.20. The highest BCUT2D eigenvalue weighted by molar-refractivity contribution is 7.99. The monoisotopic (exact) mass is 315 g/mol. The van der Waals surface area contributed by atoms with Gasteiger partial charge in [-0.1, -0.05) is 23.7 Å². The molecule has 0 aliphatic carbocycles. The van der Waals surface area contributed by atoms with Gasteiger partial charge >= 0.3 is 6.09 Å². The van der Waals surface area contributed by atoms with Crippen LogP contribution in [0.2, 0.25) is 5.02 Å². The van der Waals surface area contributed by atoms with Crippen molar-refractivity contribution in [2.75, 3.05) is 24.6 Å². The molecule has 0 aromatic heterocycles. The molecule has 0 spiro atoms. The van der Waals surface area contributed by atoms with Gasteiger partial charge in [0.1, 0.15) is 6.29 Å². The highest BCUT2D eigenvalue weighted by Gasteiger charge is 2.11. The molecule has 1 aromatic carbocycles. The summed E-state index contributed by atoms with van der Waals surface area (Å²) < 4.78 is 0. The van der Waals surface area contributed by atoms with E-state index in [1.165, 1.54) is 16.7 Å². The minimum atomic E-state index is -0.910. The average molecular weight is 316 g/mol. The molecule has 0 saturated carbocycles. The van der Waals surface area contributed by atoms with Crippen molar-refractivity contribution in [1.29, 1.82) is 0 Å². The van der Waals surface area contributed by atoms with E-state index in [1.807, 2.05) is 18.2 Å². The number of thioether (sulfide) groups is 1. The van der Waals surface area contributed by atoms with Gasteiger partial charge in [0.25, 0.3) is 0 Å². The van der Waals surface area contributed by atoms with Gasteiger partial charge in [-0.3, -0.25) is 0 Å². The van der Waals surface area contributed by atoms with Crippen LogP contribution in [0.3, 0.4) is 0 Å². The SMILES string of the molecule is O=CCSCCCN(CCc1cccc(Cl)c1)C(=O)O. The third kappa shape index (κ3) is 6.82. The summed E-state index contributed by atoms with van der Waals surface area (Å²) in [6.45, 7) is 0.940. The molecule has 0 aliphatic heterocycles. The summed E-state index contributed by atoms with van der Waals surface area (Å²) in [6.07, 6.45) is 1.35. The second kappa shape index (κ2) is 9.66. The number of amides is 1. The highest BCUT2D eigenvalue weighted by atomic mass is 35.5. The second-order valence-electron chi connectivity index (χ2n) is 4.24. The molecule has 1 rings (SSSR count). The van der Waals surface area contributed by atoms with E-state index in [4.69, 9.17) is 16.7 Å². The fourth-order valence-corrected chi connectivity index (χ4v) is 2.56. The van der Waals surface area contributed by atoms with Gasteiger partial charge in [-0.2, -0.15) is 11.8 Å². The Morgan fingerprint density at radius 1 is 1.40 bits per heavy atom. The van der Waals surface area contributed by atoms with Crippen LogP contribution in [-0.4, -0.2) is 47.0 Å². The zero-order valence-electron chi connectivity index (χ0n) is 11.1. The van der Waals surface area contributed by atoms with Crippen LogP contribution in [0.25, 0.3) is 0 Å². The number of halogens is 1. The van der Waals surface area contributed by atoms with Crippen molar-refractivity contribution in [1.82, 2.24) is 4.90 Å². The maximum Gasteiger partial charge on any atom is 0.407 e. The molecule has 0 aliphatic rings. The van der Waals surface area contributed by atoms with Crippen LogP contribution in [0.1, 0.15) is 12.0 Å². The molecule has 110 valence electrons. The topological polar surface area (TPSA) is 57.6 Å². The molecular formula is C14H18ClNO3S. The third-order valence-corrected chi connectivity index (χ3v) is 3.92. The van der Waals surface area contributed by atoms with Crippen LogP contribution >= 0.6 is 23.4 Å². The minimum Gasteiger partial charge on any atom is -0.465 e. The number of hydrogen-bond donors (Lipinski definition) is 1. The van der Waals surface area contributed by atoms with Crippen molar-refractivity contribution in [3.05, 3.63) is 34.9 Å². The summed E-state index contributed by atoms with van der Waals surface area (Å²) in [7, 11) is 0. The van der Waals surface area contributed by atoms with E-state index in [-0.39, 0.29) is 0 Å². The summed E-state index contributed by atoms with van der Waals surface area (Å²) in [5.74, 6) is 1.26. The summed E-state index contributed by atoms with van der Waals surface area (Å²) in [5, 5.41) is 9.81. The summed E-state index contributed by atoms with van der Waals surface area (Å²) in [5.41, 5.74) is 1.03. The first-order valence-electron chi connectivity index (χ1n) is 6.37. The summed E-state index contributed by atoms with van der Waals surface area (Å²) >= 11 is 7.41. The number of aldehydes is 1. The lowest BCUT2D eigenvalue weighted by molar-refractivity contribution is -0.105. The molecule has 0 bridgehead atoms. The van der Waals surface area contributed by atoms with Crippen LogP contribution in [0.15, 0.2) is 24.3 Å². The quantitative estimate of drug-likeness (QED) is 0.561. The van der Waals surface area contributed by atoms with Gasteiger partial charge in [0.05, 0.1) is 0 Å². The first kappa shape index (κ1) is 16.9. The second-order valence-corrected chi connectivity index (χ2v) is 5.83. The average Bonchev–Trinajstić information content (AvgIpc) is 2.41. The number of carboxylic acid groups (broad SMARTS) is 1. The van der Waals surface area contributed by atoms with E-state index >= 15 is 0 Å². The van der Waals surface area contributed by atoms with Gasteiger partial charge in [-0.15, -0.1) is 0 Å². The number of carbonyl (C=O) groups excluding carboxylic acids is 1. The van der Waals surface area contributed by atoms with E-state index in [1.54, 1.807) is 6.07 Å². The smallest absolute Gasteiger partial charge is 0.407 e. The Labute approximate surface area is 128 Å². The molecule has 1 N–H and O–H groups in total. The number of hydrogen-bond acceptors (Lipinski definition) is 3. The molecule has 1 aromatic rings. The molecule has 1 amide bonds. The van der Waals surface area contributed by atoms with Gasteiger partial charge in [-0.05, 0) is 36.3 Å². The van der Waals surface area contributed by atoms with Crippen molar-refractivity contribution < 1.29 is 14.7 Å². The van der Waals surface area contributed by atoms with Crippen LogP contribution in [0.4, 0.5) is 4.79 Å². The Morgan fingerprint density at radius 3 is 2.85 bits per heavy atom. The van der Waals surface area contributed by atoms with Crippen molar-refractivity contribution in [3.63, 3.8) is 0 Å². The Balaban J connectivity index is 2.35. The number of rotatable bonds is 9. The first-order valence-corrected chi connectivity index (χ1v) is 7.90. The Bertz CT molecular complexity index is 442. The standard InChI is InChI=1S/C14H18ClNO3S/c15-13-4-1-3-12(11-13)5-7-16(14(18)19)6-2-9-20-10-8-17/h1,3-4,8,11H,2,5-7,9-10H2,(H,18,19). The molecule has 0 saturated heterocycles. The number of benzene rings is 1. The van der Waals surface area contributed by atoms with Crippen LogP contribution in [0.5, 0.6) is 0 Å². The zero-order valence-corrected chi connectivity index (χ0v) is 12.7. The van der Waals surface area contributed by atoms with E-state index < -0.39 is 6.09 Å². The maximum atomic E-state index is 11.1. The maximum absolute atomic E-state index is 11.1.